The highest BCUT2D eigenvalue weighted by Crippen LogP contribution is 2.29. The van der Waals surface area contributed by atoms with Crippen molar-refractivity contribution in [2.45, 2.75) is 16.7 Å². The first-order chi connectivity index (χ1) is 11.6. The molecular formula is C13H12Cl2O8S3. The third-order valence-corrected chi connectivity index (χ3v) is 7.48. The van der Waals surface area contributed by atoms with Crippen molar-refractivity contribution in [2.24, 2.45) is 0 Å². The summed E-state index contributed by atoms with van der Waals surface area (Å²) >= 11 is 11.2. The molecule has 0 heterocycles. The molecule has 2 N–H and O–H groups in total. The summed E-state index contributed by atoms with van der Waals surface area (Å²) in [5.74, 6) is 0. The fourth-order valence-electron chi connectivity index (χ4n) is 1.66. The molecule has 144 valence electrons. The van der Waals surface area contributed by atoms with Gasteiger partial charge in [0.15, 0.2) is 0 Å². The lowest BCUT2D eigenvalue weighted by Gasteiger charge is -2.08. The van der Waals surface area contributed by atoms with Gasteiger partial charge >= 0.3 is 0 Å². The van der Waals surface area contributed by atoms with E-state index in [1.54, 1.807) is 0 Å². The molecule has 0 saturated carbocycles. The second-order valence-corrected chi connectivity index (χ2v) is 10.4. The van der Waals surface area contributed by atoms with Crippen LogP contribution in [0.3, 0.4) is 0 Å². The van der Waals surface area contributed by atoms with Gasteiger partial charge in [-0.2, -0.15) is 16.8 Å². The van der Waals surface area contributed by atoms with Gasteiger partial charge in [0, 0.05) is 4.91 Å². The van der Waals surface area contributed by atoms with Gasteiger partial charge in [-0.3, -0.25) is 9.11 Å². The van der Waals surface area contributed by atoms with E-state index in [1.807, 2.05) is 0 Å². The van der Waals surface area contributed by atoms with E-state index in [4.69, 9.17) is 32.3 Å². The normalized spacial score (nSPS) is 14.7. The van der Waals surface area contributed by atoms with Crippen LogP contribution in [0, 0.1) is 0 Å². The molecule has 0 bridgehead atoms. The van der Waals surface area contributed by atoms with Gasteiger partial charge in [-0.15, -0.1) is 0 Å². The minimum atomic E-state index is -4.87. The molecule has 0 radical (unpaired) electrons. The first-order valence-electron chi connectivity index (χ1n) is 6.32. The Balaban J connectivity index is 3.69. The Morgan fingerprint density at radius 1 is 1.12 bits per heavy atom. The Hall–Kier alpha value is -1.21. The van der Waals surface area contributed by atoms with E-state index >= 15 is 0 Å². The Morgan fingerprint density at radius 2 is 1.65 bits per heavy atom. The Morgan fingerprint density at radius 3 is 2.08 bits per heavy atom. The second kappa shape index (κ2) is 7.80. The highest BCUT2D eigenvalue weighted by atomic mass is 35.5. The van der Waals surface area contributed by atoms with Crippen molar-refractivity contribution in [3.05, 3.63) is 56.8 Å². The summed E-state index contributed by atoms with van der Waals surface area (Å²) in [5, 5.41) is -0.946. The fourth-order valence-corrected chi connectivity index (χ4v) is 4.98. The molecule has 0 spiro atoms. The molecule has 0 saturated heterocycles. The maximum absolute atomic E-state index is 12.5. The smallest absolute Gasteiger partial charge is 0.282 e. The molecule has 1 aromatic carbocycles. The monoisotopic (exact) mass is 462 g/mol. The zero-order valence-electron chi connectivity index (χ0n) is 12.9. The lowest BCUT2D eigenvalue weighted by atomic mass is 10.4. The van der Waals surface area contributed by atoms with Gasteiger partial charge in [-0.05, 0) is 37.3 Å². The van der Waals surface area contributed by atoms with E-state index in [9.17, 15) is 25.3 Å². The van der Waals surface area contributed by atoms with Gasteiger partial charge in [0.05, 0.1) is 15.0 Å². The molecule has 0 aliphatic carbocycles. The molecule has 0 unspecified atom stereocenters. The number of benzene rings is 1. The molecule has 0 amide bonds. The number of hydrogen-bond donors (Lipinski definition) is 2. The molecule has 0 atom stereocenters. The van der Waals surface area contributed by atoms with E-state index < -0.39 is 59.7 Å². The largest absolute Gasteiger partial charge is 0.296 e. The van der Waals surface area contributed by atoms with Crippen LogP contribution >= 0.6 is 23.2 Å². The van der Waals surface area contributed by atoms with Crippen molar-refractivity contribution >= 4 is 53.3 Å². The fraction of sp³-hybridized carbons (Fsp3) is 0.0769. The quantitative estimate of drug-likeness (QED) is 0.484. The lowest BCUT2D eigenvalue weighted by Crippen LogP contribution is -2.08. The Kier molecular flexibility index (Phi) is 6.85. The van der Waals surface area contributed by atoms with E-state index in [0.29, 0.717) is 12.1 Å². The zero-order valence-corrected chi connectivity index (χ0v) is 16.9. The van der Waals surface area contributed by atoms with Crippen LogP contribution in [-0.4, -0.2) is 34.4 Å². The number of hydrogen-bond acceptors (Lipinski definition) is 6. The first-order valence-corrected chi connectivity index (χ1v) is 11.4. The zero-order chi connectivity index (χ0) is 20.5. The summed E-state index contributed by atoms with van der Waals surface area (Å²) in [5.41, 5.74) is 0. The van der Waals surface area contributed by atoms with Crippen molar-refractivity contribution < 1.29 is 34.4 Å². The van der Waals surface area contributed by atoms with Gasteiger partial charge in [0.25, 0.3) is 20.2 Å². The molecule has 0 fully saturated rings. The average Bonchev–Trinajstić information content (AvgIpc) is 2.49. The van der Waals surface area contributed by atoms with Crippen molar-refractivity contribution in [3.8, 4) is 0 Å². The van der Waals surface area contributed by atoms with E-state index in [-0.39, 0.29) is 0 Å². The van der Waals surface area contributed by atoms with Crippen molar-refractivity contribution in [2.75, 3.05) is 0 Å². The SMILES string of the molecule is C=C/C(Cl)=C(\C=C(/C)S(=O)(=O)c1ccc(Cl)c(S(=O)(=O)O)c1)S(=O)(=O)O. The van der Waals surface area contributed by atoms with Crippen LogP contribution in [0.4, 0.5) is 0 Å². The van der Waals surface area contributed by atoms with Gasteiger partial charge in [-0.1, -0.05) is 29.8 Å². The third-order valence-electron chi connectivity index (χ3n) is 2.94. The van der Waals surface area contributed by atoms with Crippen molar-refractivity contribution in [3.63, 3.8) is 0 Å². The topological polar surface area (TPSA) is 143 Å². The van der Waals surface area contributed by atoms with E-state index in [0.717, 1.165) is 25.1 Å². The number of rotatable bonds is 6. The summed E-state index contributed by atoms with van der Waals surface area (Å²) in [4.78, 5) is -2.94. The molecular weight excluding hydrogens is 451 g/mol. The minimum absolute atomic E-state index is 0.415. The maximum Gasteiger partial charge on any atom is 0.296 e. The number of halogens is 2. The first kappa shape index (κ1) is 22.8. The third kappa shape index (κ3) is 5.16. The molecule has 1 rings (SSSR count). The molecule has 0 aromatic heterocycles. The van der Waals surface area contributed by atoms with E-state index in [2.05, 4.69) is 6.58 Å². The summed E-state index contributed by atoms with van der Waals surface area (Å²) in [6.45, 7) is 4.21. The van der Waals surface area contributed by atoms with Crippen molar-refractivity contribution in [1.29, 1.82) is 0 Å². The average molecular weight is 463 g/mol. The maximum atomic E-state index is 12.5. The predicted octanol–water partition coefficient (Wildman–Crippen LogP) is 2.79. The number of allylic oxidation sites excluding steroid dienone is 4. The number of sulfone groups is 1. The van der Waals surface area contributed by atoms with Gasteiger partial charge < -0.3 is 0 Å². The summed E-state index contributed by atoms with van der Waals surface area (Å²) in [6, 6.07) is 2.49. The highest BCUT2D eigenvalue weighted by molar-refractivity contribution is 7.95. The van der Waals surface area contributed by atoms with Crippen LogP contribution in [-0.2, 0) is 30.1 Å². The van der Waals surface area contributed by atoms with Gasteiger partial charge in [0.2, 0.25) is 9.84 Å². The Bertz CT molecular complexity index is 1130. The molecule has 1 aromatic rings. The minimum Gasteiger partial charge on any atom is -0.282 e. The lowest BCUT2D eigenvalue weighted by molar-refractivity contribution is 0.482. The molecule has 8 nitrogen and oxygen atoms in total. The predicted molar refractivity (Wildman–Crippen MR) is 96.8 cm³/mol. The summed E-state index contributed by atoms with van der Waals surface area (Å²) < 4.78 is 88.6. The standard InChI is InChI=1S/C13H12Cl2O8S3/c1-3-10(14)12(25(18,19)20)6-8(2)24(16,17)9-4-5-11(15)13(7-9)26(21,22)23/h3-7H,1H2,2H3,(H,18,19,20)(H,21,22,23)/b8-6+,12-10-. The molecule has 0 aliphatic rings. The van der Waals surface area contributed by atoms with Crippen LogP contribution in [0.15, 0.2) is 61.6 Å². The van der Waals surface area contributed by atoms with Gasteiger partial charge in [-0.25, -0.2) is 8.42 Å². The van der Waals surface area contributed by atoms with E-state index in [1.165, 1.54) is 0 Å². The van der Waals surface area contributed by atoms with Crippen LogP contribution in [0.1, 0.15) is 6.92 Å². The highest BCUT2D eigenvalue weighted by Gasteiger charge is 2.24. The van der Waals surface area contributed by atoms with Gasteiger partial charge in [0.1, 0.15) is 9.80 Å². The molecule has 0 aliphatic heterocycles. The second-order valence-electron chi connectivity index (χ2n) is 4.72. The molecule has 26 heavy (non-hydrogen) atoms. The Labute approximate surface area is 160 Å². The summed E-state index contributed by atoms with van der Waals surface area (Å²) in [6.07, 6.45) is 1.45. The van der Waals surface area contributed by atoms with Crippen LogP contribution < -0.4 is 0 Å². The van der Waals surface area contributed by atoms with Crippen LogP contribution in [0.5, 0.6) is 0 Å². The summed E-state index contributed by atoms with van der Waals surface area (Å²) in [7, 11) is -14.1. The van der Waals surface area contributed by atoms with Crippen LogP contribution in [0.2, 0.25) is 5.02 Å². The van der Waals surface area contributed by atoms with Crippen LogP contribution in [0.25, 0.3) is 0 Å². The van der Waals surface area contributed by atoms with Crippen molar-refractivity contribution in [1.82, 2.24) is 0 Å². The molecule has 13 heteroatoms.